The Morgan fingerprint density at radius 1 is 1.16 bits per heavy atom. The average molecular weight is 262 g/mol. The Kier molecular flexibility index (Phi) is 4.09. The van der Waals surface area contributed by atoms with E-state index < -0.39 is 0 Å². The highest BCUT2D eigenvalue weighted by Gasteiger charge is 2.19. The largest absolute Gasteiger partial charge is 0.497 e. The minimum Gasteiger partial charge on any atom is -0.497 e. The van der Waals surface area contributed by atoms with Crippen LogP contribution in [0.4, 0.5) is 0 Å². The lowest BCUT2D eigenvalue weighted by molar-refractivity contribution is 0.390. The van der Waals surface area contributed by atoms with Gasteiger partial charge in [-0.2, -0.15) is 0 Å². The van der Waals surface area contributed by atoms with Crippen LogP contribution in [0.3, 0.4) is 0 Å². The molecule has 5 heteroatoms. The topological polar surface area (TPSA) is 69.7 Å². The standard InChI is InChI=1S/C14H18N2O3/c1-9-4-5-19-14(9)13(16-15)10-6-11(17-2)8-12(7-10)18-3/h4-8,13,16H,15H2,1-3H3. The number of benzene rings is 1. The van der Waals surface area contributed by atoms with Gasteiger partial charge >= 0.3 is 0 Å². The van der Waals surface area contributed by atoms with Crippen LogP contribution in [0.2, 0.25) is 0 Å². The van der Waals surface area contributed by atoms with E-state index in [0.717, 1.165) is 16.9 Å². The Balaban J connectivity index is 2.46. The number of nitrogens with two attached hydrogens (primary N) is 1. The Hall–Kier alpha value is -1.98. The third-order valence-electron chi connectivity index (χ3n) is 3.04. The smallest absolute Gasteiger partial charge is 0.129 e. The number of rotatable bonds is 5. The summed E-state index contributed by atoms with van der Waals surface area (Å²) in [6.45, 7) is 1.97. The summed E-state index contributed by atoms with van der Waals surface area (Å²) in [6, 6.07) is 7.26. The van der Waals surface area contributed by atoms with Gasteiger partial charge in [-0.3, -0.25) is 5.84 Å². The zero-order valence-electron chi connectivity index (χ0n) is 11.3. The van der Waals surface area contributed by atoms with Crippen molar-refractivity contribution in [3.63, 3.8) is 0 Å². The molecule has 0 radical (unpaired) electrons. The fourth-order valence-corrected chi connectivity index (χ4v) is 2.00. The molecule has 1 aromatic carbocycles. The maximum atomic E-state index is 5.66. The van der Waals surface area contributed by atoms with Gasteiger partial charge in [-0.15, -0.1) is 0 Å². The van der Waals surface area contributed by atoms with E-state index in [1.54, 1.807) is 20.5 Å². The van der Waals surface area contributed by atoms with Crippen molar-refractivity contribution < 1.29 is 13.9 Å². The van der Waals surface area contributed by atoms with E-state index in [0.29, 0.717) is 11.5 Å². The first-order valence-corrected chi connectivity index (χ1v) is 5.92. The molecule has 0 spiro atoms. The Morgan fingerprint density at radius 2 is 1.79 bits per heavy atom. The van der Waals surface area contributed by atoms with Crippen LogP contribution in [-0.4, -0.2) is 14.2 Å². The Labute approximate surface area is 112 Å². The molecule has 0 saturated heterocycles. The van der Waals surface area contributed by atoms with Crippen LogP contribution in [-0.2, 0) is 0 Å². The van der Waals surface area contributed by atoms with Crippen LogP contribution in [0.25, 0.3) is 0 Å². The van der Waals surface area contributed by atoms with Crippen LogP contribution in [0.15, 0.2) is 34.9 Å². The number of nitrogens with one attached hydrogen (secondary N) is 1. The molecule has 0 bridgehead atoms. The van der Waals surface area contributed by atoms with Crippen molar-refractivity contribution in [1.82, 2.24) is 5.43 Å². The summed E-state index contributed by atoms with van der Waals surface area (Å²) < 4.78 is 16.0. The first-order valence-electron chi connectivity index (χ1n) is 5.92. The predicted octanol–water partition coefficient (Wildman–Crippen LogP) is 2.16. The number of hydrazine groups is 1. The molecule has 0 aliphatic carbocycles. The first-order chi connectivity index (χ1) is 9.19. The number of methoxy groups -OCH3 is 2. The summed E-state index contributed by atoms with van der Waals surface area (Å²) >= 11 is 0. The van der Waals surface area contributed by atoms with Crippen LogP contribution < -0.4 is 20.7 Å². The normalized spacial score (nSPS) is 12.2. The van der Waals surface area contributed by atoms with Gasteiger partial charge in [0.2, 0.25) is 0 Å². The molecule has 1 aromatic heterocycles. The number of aryl methyl sites for hydroxylation is 1. The molecular weight excluding hydrogens is 244 g/mol. The second-order valence-corrected chi connectivity index (χ2v) is 4.21. The fraction of sp³-hybridized carbons (Fsp3) is 0.286. The van der Waals surface area contributed by atoms with Gasteiger partial charge in [-0.1, -0.05) is 0 Å². The van der Waals surface area contributed by atoms with Crippen molar-refractivity contribution in [2.24, 2.45) is 5.84 Å². The van der Waals surface area contributed by atoms with Gasteiger partial charge in [0.15, 0.2) is 0 Å². The van der Waals surface area contributed by atoms with Gasteiger partial charge in [-0.25, -0.2) is 5.43 Å². The summed E-state index contributed by atoms with van der Waals surface area (Å²) in [5, 5.41) is 0. The van der Waals surface area contributed by atoms with Crippen molar-refractivity contribution in [3.05, 3.63) is 47.4 Å². The van der Waals surface area contributed by atoms with Crippen molar-refractivity contribution in [1.29, 1.82) is 0 Å². The van der Waals surface area contributed by atoms with Gasteiger partial charge in [0.05, 0.1) is 20.5 Å². The molecule has 2 rings (SSSR count). The van der Waals surface area contributed by atoms with E-state index in [9.17, 15) is 0 Å². The second kappa shape index (κ2) is 5.77. The minimum atomic E-state index is -0.251. The Morgan fingerprint density at radius 3 is 2.21 bits per heavy atom. The lowest BCUT2D eigenvalue weighted by atomic mass is 10.0. The lowest BCUT2D eigenvalue weighted by Crippen LogP contribution is -2.29. The molecule has 102 valence electrons. The molecule has 1 atom stereocenters. The monoisotopic (exact) mass is 262 g/mol. The summed E-state index contributed by atoms with van der Waals surface area (Å²) in [4.78, 5) is 0. The third kappa shape index (κ3) is 2.72. The molecule has 1 heterocycles. The van der Waals surface area contributed by atoms with E-state index in [-0.39, 0.29) is 6.04 Å². The highest BCUT2D eigenvalue weighted by molar-refractivity contribution is 5.42. The molecule has 5 nitrogen and oxygen atoms in total. The molecule has 0 fully saturated rings. The maximum absolute atomic E-state index is 5.66. The minimum absolute atomic E-state index is 0.251. The van der Waals surface area contributed by atoms with Crippen molar-refractivity contribution in [2.45, 2.75) is 13.0 Å². The van der Waals surface area contributed by atoms with E-state index >= 15 is 0 Å². The quantitative estimate of drug-likeness (QED) is 0.638. The van der Waals surface area contributed by atoms with Gasteiger partial charge in [0, 0.05) is 6.07 Å². The van der Waals surface area contributed by atoms with Gasteiger partial charge in [0.1, 0.15) is 23.3 Å². The number of hydrogen-bond acceptors (Lipinski definition) is 5. The Bertz CT molecular complexity index is 529. The third-order valence-corrected chi connectivity index (χ3v) is 3.04. The van der Waals surface area contributed by atoms with Gasteiger partial charge < -0.3 is 13.9 Å². The number of hydrogen-bond donors (Lipinski definition) is 2. The van der Waals surface area contributed by atoms with Crippen molar-refractivity contribution >= 4 is 0 Å². The van der Waals surface area contributed by atoms with E-state index in [1.165, 1.54) is 0 Å². The van der Waals surface area contributed by atoms with E-state index in [1.807, 2.05) is 31.2 Å². The SMILES string of the molecule is COc1cc(OC)cc(C(NN)c2occc2C)c1. The van der Waals surface area contributed by atoms with Crippen molar-refractivity contribution in [2.75, 3.05) is 14.2 Å². The van der Waals surface area contributed by atoms with Gasteiger partial charge in [0.25, 0.3) is 0 Å². The van der Waals surface area contributed by atoms with Crippen LogP contribution >= 0.6 is 0 Å². The molecule has 1 unspecified atom stereocenters. The second-order valence-electron chi connectivity index (χ2n) is 4.21. The average Bonchev–Trinajstić information content (AvgIpc) is 2.85. The van der Waals surface area contributed by atoms with Gasteiger partial charge in [-0.05, 0) is 36.2 Å². The maximum Gasteiger partial charge on any atom is 0.129 e. The predicted molar refractivity (Wildman–Crippen MR) is 72.2 cm³/mol. The molecule has 2 aromatic rings. The zero-order valence-corrected chi connectivity index (χ0v) is 11.3. The summed E-state index contributed by atoms with van der Waals surface area (Å²) in [7, 11) is 3.23. The van der Waals surface area contributed by atoms with Crippen LogP contribution in [0, 0.1) is 6.92 Å². The molecule has 0 aliphatic rings. The zero-order chi connectivity index (χ0) is 13.8. The molecular formula is C14H18N2O3. The van der Waals surface area contributed by atoms with E-state index in [4.69, 9.17) is 19.7 Å². The van der Waals surface area contributed by atoms with Crippen LogP contribution in [0.1, 0.15) is 22.9 Å². The van der Waals surface area contributed by atoms with Crippen molar-refractivity contribution in [3.8, 4) is 11.5 Å². The number of ether oxygens (including phenoxy) is 2. The van der Waals surface area contributed by atoms with Crippen LogP contribution in [0.5, 0.6) is 11.5 Å². The lowest BCUT2D eigenvalue weighted by Gasteiger charge is -2.17. The summed E-state index contributed by atoms with van der Waals surface area (Å²) in [5.74, 6) is 7.85. The number of furan rings is 1. The first kappa shape index (κ1) is 13.5. The highest BCUT2D eigenvalue weighted by atomic mass is 16.5. The highest BCUT2D eigenvalue weighted by Crippen LogP contribution is 2.31. The summed E-state index contributed by atoms with van der Waals surface area (Å²) in [6.07, 6.45) is 1.65. The molecule has 3 N–H and O–H groups in total. The molecule has 0 aliphatic heterocycles. The molecule has 19 heavy (non-hydrogen) atoms. The van der Waals surface area contributed by atoms with E-state index in [2.05, 4.69) is 5.43 Å². The molecule has 0 saturated carbocycles. The molecule has 0 amide bonds. The summed E-state index contributed by atoms with van der Waals surface area (Å²) in [5.41, 5.74) is 4.71. The fourth-order valence-electron chi connectivity index (χ4n) is 2.00.